The molecule has 0 bridgehead atoms. The zero-order chi connectivity index (χ0) is 15.3. The Morgan fingerprint density at radius 3 is 2.21 bits per heavy atom. The molecule has 1 atom stereocenters. The van der Waals surface area contributed by atoms with Crippen LogP contribution in [0.4, 0.5) is 4.79 Å². The third kappa shape index (κ3) is 5.30. The van der Waals surface area contributed by atoms with Crippen molar-refractivity contribution < 1.29 is 14.7 Å². The van der Waals surface area contributed by atoms with E-state index in [1.807, 2.05) is 6.26 Å². The Morgan fingerprint density at radius 2 is 1.79 bits per heavy atom. The highest BCUT2D eigenvalue weighted by Crippen LogP contribution is 2.30. The number of carboxylic acid groups (broad SMARTS) is 1. The van der Waals surface area contributed by atoms with Gasteiger partial charge < -0.3 is 15.7 Å². The van der Waals surface area contributed by atoms with Gasteiger partial charge in [0.2, 0.25) is 0 Å². The minimum absolute atomic E-state index is 0.326. The fourth-order valence-corrected chi connectivity index (χ4v) is 1.61. The van der Waals surface area contributed by atoms with Crippen LogP contribution in [-0.2, 0) is 4.79 Å². The van der Waals surface area contributed by atoms with Gasteiger partial charge in [-0.2, -0.15) is 11.8 Å². The van der Waals surface area contributed by atoms with Crippen LogP contribution in [0.15, 0.2) is 0 Å². The number of hydrogen-bond acceptors (Lipinski definition) is 3. The van der Waals surface area contributed by atoms with Crippen molar-refractivity contribution in [3.63, 3.8) is 0 Å². The highest BCUT2D eigenvalue weighted by atomic mass is 32.2. The maximum Gasteiger partial charge on any atom is 0.315 e. The second-order valence-corrected chi connectivity index (χ2v) is 7.05. The third-order valence-corrected chi connectivity index (χ3v) is 4.80. The molecule has 0 aromatic rings. The number of aliphatic carboxylic acids is 1. The summed E-state index contributed by atoms with van der Waals surface area (Å²) in [5, 5.41) is 15.2. The molecule has 0 spiro atoms. The largest absolute Gasteiger partial charge is 0.481 e. The topological polar surface area (TPSA) is 78.4 Å². The zero-order valence-corrected chi connectivity index (χ0v) is 13.5. The van der Waals surface area contributed by atoms with E-state index in [0.717, 1.165) is 6.42 Å². The van der Waals surface area contributed by atoms with Gasteiger partial charge in [0.25, 0.3) is 0 Å². The van der Waals surface area contributed by atoms with Crippen LogP contribution in [0.25, 0.3) is 0 Å². The van der Waals surface area contributed by atoms with Crippen LogP contribution in [-0.4, -0.2) is 40.7 Å². The maximum absolute atomic E-state index is 11.8. The van der Waals surface area contributed by atoms with Gasteiger partial charge in [-0.1, -0.05) is 6.92 Å². The Balaban J connectivity index is 4.36. The number of carboxylic acids is 1. The van der Waals surface area contributed by atoms with Gasteiger partial charge in [0.1, 0.15) is 0 Å². The molecule has 2 amide bonds. The lowest BCUT2D eigenvalue weighted by atomic mass is 9.74. The molecule has 0 saturated carbocycles. The minimum atomic E-state index is -1.04. The van der Waals surface area contributed by atoms with E-state index in [1.54, 1.807) is 39.5 Å². The van der Waals surface area contributed by atoms with E-state index in [2.05, 4.69) is 17.6 Å². The first kappa shape index (κ1) is 18.1. The summed E-state index contributed by atoms with van der Waals surface area (Å²) in [5.41, 5.74) is -1.88. The first-order chi connectivity index (χ1) is 8.54. The Kier molecular flexibility index (Phi) is 6.69. The molecular formula is C13H26N2O3S. The lowest BCUT2D eigenvalue weighted by molar-refractivity contribution is -0.150. The first-order valence-corrected chi connectivity index (χ1v) is 7.65. The van der Waals surface area contributed by atoms with E-state index in [9.17, 15) is 14.7 Å². The number of carbonyl (C=O) groups excluding carboxylic acids is 1. The molecule has 0 aliphatic heterocycles. The van der Waals surface area contributed by atoms with Crippen LogP contribution in [0.1, 0.15) is 41.0 Å². The smallest absolute Gasteiger partial charge is 0.315 e. The van der Waals surface area contributed by atoms with E-state index in [4.69, 9.17) is 0 Å². The summed E-state index contributed by atoms with van der Waals surface area (Å²) in [5.74, 6) is -0.936. The molecule has 5 nitrogen and oxygen atoms in total. The monoisotopic (exact) mass is 290 g/mol. The van der Waals surface area contributed by atoms with E-state index in [1.165, 1.54) is 0 Å². The summed E-state index contributed by atoms with van der Waals surface area (Å²) in [6, 6.07) is -0.326. The molecular weight excluding hydrogens is 264 g/mol. The Labute approximate surface area is 119 Å². The third-order valence-electron chi connectivity index (χ3n) is 3.76. The molecule has 0 saturated heterocycles. The van der Waals surface area contributed by atoms with Gasteiger partial charge in [0.15, 0.2) is 0 Å². The van der Waals surface area contributed by atoms with Gasteiger partial charge in [-0.15, -0.1) is 0 Å². The Morgan fingerprint density at radius 1 is 1.26 bits per heavy atom. The van der Waals surface area contributed by atoms with Crippen LogP contribution in [0.5, 0.6) is 0 Å². The molecule has 0 rings (SSSR count). The highest BCUT2D eigenvalue weighted by molar-refractivity contribution is 7.99. The Bertz CT molecular complexity index is 330. The summed E-state index contributed by atoms with van der Waals surface area (Å²) < 4.78 is 0. The van der Waals surface area contributed by atoms with Crippen LogP contribution < -0.4 is 10.6 Å². The van der Waals surface area contributed by atoms with E-state index >= 15 is 0 Å². The van der Waals surface area contributed by atoms with Crippen molar-refractivity contribution in [2.24, 2.45) is 5.41 Å². The van der Waals surface area contributed by atoms with E-state index in [0.29, 0.717) is 11.8 Å². The van der Waals surface area contributed by atoms with Crippen LogP contribution in [0.2, 0.25) is 0 Å². The predicted molar refractivity (Wildman–Crippen MR) is 79.6 cm³/mol. The minimum Gasteiger partial charge on any atom is -0.481 e. The van der Waals surface area contributed by atoms with Crippen molar-refractivity contribution in [1.82, 2.24) is 10.6 Å². The van der Waals surface area contributed by atoms with Gasteiger partial charge in [-0.3, -0.25) is 4.79 Å². The molecule has 0 aromatic carbocycles. The molecule has 19 heavy (non-hydrogen) atoms. The number of thioether (sulfide) groups is 1. The van der Waals surface area contributed by atoms with Crippen molar-refractivity contribution in [2.45, 2.75) is 51.8 Å². The first-order valence-electron chi connectivity index (χ1n) is 6.36. The van der Waals surface area contributed by atoms with Crippen LogP contribution >= 0.6 is 11.8 Å². The molecule has 3 N–H and O–H groups in total. The molecule has 1 unspecified atom stereocenters. The van der Waals surface area contributed by atoms with Crippen molar-refractivity contribution in [3.05, 3.63) is 0 Å². The lowest BCUT2D eigenvalue weighted by Crippen LogP contribution is -2.59. The molecule has 0 heterocycles. The standard InChI is InChI=1S/C13H26N2O3S/c1-9(19-6)7-8-14-11(18)15-13(4,5)12(2,3)10(16)17/h9H,7-8H2,1-6H3,(H,16,17)(H2,14,15,18). The van der Waals surface area contributed by atoms with Crippen LogP contribution in [0.3, 0.4) is 0 Å². The quantitative estimate of drug-likeness (QED) is 0.672. The van der Waals surface area contributed by atoms with Gasteiger partial charge in [-0.25, -0.2) is 4.79 Å². The summed E-state index contributed by atoms with van der Waals surface area (Å²) in [6.07, 6.45) is 2.92. The molecule has 0 aromatic heterocycles. The average molecular weight is 290 g/mol. The molecule has 0 radical (unpaired) electrons. The van der Waals surface area contributed by atoms with Gasteiger partial charge in [0, 0.05) is 11.8 Å². The number of nitrogens with one attached hydrogen (secondary N) is 2. The molecule has 0 aliphatic rings. The fraction of sp³-hybridized carbons (Fsp3) is 0.846. The van der Waals surface area contributed by atoms with E-state index < -0.39 is 16.9 Å². The summed E-state index contributed by atoms with van der Waals surface area (Å²) in [6.45, 7) is 9.31. The number of amides is 2. The second kappa shape index (κ2) is 7.03. The Hall–Kier alpha value is -0.910. The second-order valence-electron chi connectivity index (χ2n) is 5.77. The summed E-state index contributed by atoms with van der Waals surface area (Å²) >= 11 is 1.75. The maximum atomic E-state index is 11.8. The summed E-state index contributed by atoms with van der Waals surface area (Å²) in [4.78, 5) is 23.0. The van der Waals surface area contributed by atoms with Crippen LogP contribution in [0, 0.1) is 5.41 Å². The van der Waals surface area contributed by atoms with E-state index in [-0.39, 0.29) is 6.03 Å². The summed E-state index contributed by atoms with van der Waals surface area (Å²) in [7, 11) is 0. The van der Waals surface area contributed by atoms with Crippen molar-refractivity contribution in [2.75, 3.05) is 12.8 Å². The number of urea groups is 1. The van der Waals surface area contributed by atoms with Gasteiger partial charge >= 0.3 is 12.0 Å². The number of rotatable bonds is 7. The zero-order valence-electron chi connectivity index (χ0n) is 12.7. The molecule has 112 valence electrons. The normalized spacial score (nSPS) is 13.8. The van der Waals surface area contributed by atoms with Crippen molar-refractivity contribution >= 4 is 23.8 Å². The lowest BCUT2D eigenvalue weighted by Gasteiger charge is -2.38. The van der Waals surface area contributed by atoms with Crippen molar-refractivity contribution in [1.29, 1.82) is 0 Å². The fourth-order valence-electron chi connectivity index (χ4n) is 1.26. The van der Waals surface area contributed by atoms with Gasteiger partial charge in [0.05, 0.1) is 11.0 Å². The molecule has 0 fully saturated rings. The number of hydrogen-bond donors (Lipinski definition) is 3. The molecule has 0 aliphatic carbocycles. The average Bonchev–Trinajstić information content (AvgIpc) is 2.27. The number of carbonyl (C=O) groups is 2. The predicted octanol–water partition coefficient (Wildman–Crippen LogP) is 2.32. The molecule has 6 heteroatoms. The highest BCUT2D eigenvalue weighted by Gasteiger charge is 2.44. The van der Waals surface area contributed by atoms with Gasteiger partial charge in [-0.05, 0) is 40.4 Å². The van der Waals surface area contributed by atoms with Crippen molar-refractivity contribution in [3.8, 4) is 0 Å². The SMILES string of the molecule is CSC(C)CCNC(=O)NC(C)(C)C(C)(C)C(=O)O.